The van der Waals surface area contributed by atoms with Crippen LogP contribution in [0.3, 0.4) is 0 Å². The highest BCUT2D eigenvalue weighted by molar-refractivity contribution is 6.78. The Kier molecular flexibility index (Phi) is 2.91. The van der Waals surface area contributed by atoms with Crippen LogP contribution in [0.4, 0.5) is 0 Å². The molecule has 0 N–H and O–H groups in total. The molecule has 6 heteroatoms. The van der Waals surface area contributed by atoms with Gasteiger partial charge in [-0.2, -0.15) is 0 Å². The van der Waals surface area contributed by atoms with E-state index in [0.29, 0.717) is 6.42 Å². The van der Waals surface area contributed by atoms with Gasteiger partial charge in [0.25, 0.3) is 0 Å². The summed E-state index contributed by atoms with van der Waals surface area (Å²) in [5, 5.41) is 0.185. The first-order valence-corrected chi connectivity index (χ1v) is 7.28. The molecule has 0 amide bonds. The van der Waals surface area contributed by atoms with Crippen LogP contribution < -0.4 is 0 Å². The van der Waals surface area contributed by atoms with Crippen molar-refractivity contribution in [3.05, 3.63) is 35.9 Å². The highest BCUT2D eigenvalue weighted by Gasteiger charge is 2.77. The molecule has 2 aliphatic rings. The van der Waals surface area contributed by atoms with E-state index in [0.717, 1.165) is 5.56 Å². The summed E-state index contributed by atoms with van der Waals surface area (Å²) in [4.78, 5) is 1.82. The fourth-order valence-corrected chi connectivity index (χ4v) is 4.77. The molecule has 0 aromatic heterocycles. The topological polar surface area (TPSA) is 12.4 Å². The lowest BCUT2D eigenvalue weighted by molar-refractivity contribution is 0.596. The molecular formula is C12H8Cl5N. The van der Waals surface area contributed by atoms with Crippen molar-refractivity contribution in [1.82, 2.24) is 0 Å². The standard InChI is InChI=1S/C12H8Cl5N/c13-9-11(15)8(7-4-2-1-3-5-7)6-10(14,18-9)12(11,16)17/h1-5,8H,6H2/t8-,10-,11+/m1/s1. The molecule has 0 radical (unpaired) electrons. The zero-order valence-corrected chi connectivity index (χ0v) is 12.8. The van der Waals surface area contributed by atoms with Crippen molar-refractivity contribution in [3.8, 4) is 0 Å². The van der Waals surface area contributed by atoms with Gasteiger partial charge < -0.3 is 0 Å². The SMILES string of the molecule is ClC1=N[C@]2(Cl)C[C@H](c3ccccc3)[C@@]1(Cl)C2(Cl)Cl. The van der Waals surface area contributed by atoms with Gasteiger partial charge in [0.1, 0.15) is 10.0 Å². The molecule has 0 unspecified atom stereocenters. The number of alkyl halides is 4. The Morgan fingerprint density at radius 3 is 2.17 bits per heavy atom. The number of rotatable bonds is 1. The van der Waals surface area contributed by atoms with Gasteiger partial charge in [-0.05, 0) is 12.0 Å². The van der Waals surface area contributed by atoms with Crippen molar-refractivity contribution < 1.29 is 0 Å². The van der Waals surface area contributed by atoms with Crippen molar-refractivity contribution >= 4 is 63.2 Å². The van der Waals surface area contributed by atoms with Gasteiger partial charge in [-0.1, -0.05) is 76.7 Å². The predicted octanol–water partition coefficient (Wildman–Crippen LogP) is 4.91. The largest absolute Gasteiger partial charge is 0.249 e. The Morgan fingerprint density at radius 2 is 1.67 bits per heavy atom. The molecule has 3 rings (SSSR count). The summed E-state index contributed by atoms with van der Waals surface area (Å²) in [6.07, 6.45) is 0.464. The summed E-state index contributed by atoms with van der Waals surface area (Å²) in [5.41, 5.74) is 1.01. The first kappa shape index (κ1) is 13.3. The molecule has 18 heavy (non-hydrogen) atoms. The van der Waals surface area contributed by atoms with Crippen LogP contribution in [0.1, 0.15) is 17.9 Å². The lowest BCUT2D eigenvalue weighted by Crippen LogP contribution is -2.46. The number of hydrogen-bond acceptors (Lipinski definition) is 1. The van der Waals surface area contributed by atoms with Crippen LogP contribution in [0.25, 0.3) is 0 Å². The zero-order valence-electron chi connectivity index (χ0n) is 9.01. The molecule has 0 saturated heterocycles. The molecule has 3 atom stereocenters. The minimum absolute atomic E-state index is 0.155. The van der Waals surface area contributed by atoms with E-state index in [1.807, 2.05) is 30.3 Å². The van der Waals surface area contributed by atoms with Crippen LogP contribution >= 0.6 is 58.0 Å². The molecule has 1 aliphatic carbocycles. The fourth-order valence-electron chi connectivity index (χ4n) is 2.70. The van der Waals surface area contributed by atoms with E-state index in [9.17, 15) is 0 Å². The molecule has 0 spiro atoms. The van der Waals surface area contributed by atoms with E-state index < -0.39 is 14.2 Å². The smallest absolute Gasteiger partial charge is 0.183 e. The van der Waals surface area contributed by atoms with Crippen molar-refractivity contribution in [3.63, 3.8) is 0 Å². The van der Waals surface area contributed by atoms with Crippen LogP contribution in [0, 0.1) is 0 Å². The summed E-state index contributed by atoms with van der Waals surface area (Å²) in [5.74, 6) is -0.155. The Hall–Kier alpha value is 0.340. The molecule has 1 fully saturated rings. The third-order valence-electron chi connectivity index (χ3n) is 3.67. The quantitative estimate of drug-likeness (QED) is 0.507. The van der Waals surface area contributed by atoms with Crippen molar-refractivity contribution in [1.29, 1.82) is 0 Å². The predicted molar refractivity (Wildman–Crippen MR) is 78.7 cm³/mol. The van der Waals surface area contributed by atoms with Gasteiger partial charge in [-0.3, -0.25) is 0 Å². The highest BCUT2D eigenvalue weighted by atomic mass is 35.5. The van der Waals surface area contributed by atoms with Crippen LogP contribution in [-0.2, 0) is 0 Å². The second-order valence-electron chi connectivity index (χ2n) is 4.62. The van der Waals surface area contributed by atoms with Crippen LogP contribution in [0.5, 0.6) is 0 Å². The number of hydrogen-bond donors (Lipinski definition) is 0. The second-order valence-corrected chi connectivity index (χ2v) is 7.52. The maximum absolute atomic E-state index is 6.62. The normalized spacial score (nSPS) is 40.9. The third-order valence-corrected chi connectivity index (χ3v) is 7.01. The maximum Gasteiger partial charge on any atom is 0.183 e. The van der Waals surface area contributed by atoms with Crippen LogP contribution in [-0.4, -0.2) is 19.4 Å². The van der Waals surface area contributed by atoms with Gasteiger partial charge in [0.2, 0.25) is 0 Å². The van der Waals surface area contributed by atoms with E-state index in [1.165, 1.54) is 0 Å². The molecule has 96 valence electrons. The number of halogens is 5. The Morgan fingerprint density at radius 1 is 1.06 bits per heavy atom. The first-order valence-electron chi connectivity index (χ1n) is 5.39. The number of benzene rings is 1. The van der Waals surface area contributed by atoms with E-state index in [-0.39, 0.29) is 11.1 Å². The number of fused-ring (bicyclic) bond motifs is 2. The lowest BCUT2D eigenvalue weighted by Gasteiger charge is -2.32. The van der Waals surface area contributed by atoms with Gasteiger partial charge in [0.15, 0.2) is 9.33 Å². The van der Waals surface area contributed by atoms with Crippen LogP contribution in [0.15, 0.2) is 35.3 Å². The van der Waals surface area contributed by atoms with E-state index in [1.54, 1.807) is 0 Å². The summed E-state index contributed by atoms with van der Waals surface area (Å²) >= 11 is 31.9. The van der Waals surface area contributed by atoms with E-state index >= 15 is 0 Å². The van der Waals surface area contributed by atoms with Crippen LogP contribution in [0.2, 0.25) is 0 Å². The van der Waals surface area contributed by atoms with E-state index in [2.05, 4.69) is 4.99 Å². The molecule has 1 aromatic carbocycles. The Bertz CT molecular complexity index is 529. The molecule has 1 aromatic rings. The molecule has 1 nitrogen and oxygen atoms in total. The number of aliphatic imine (C=N–C) groups is 1. The zero-order chi connectivity index (χ0) is 13.2. The van der Waals surface area contributed by atoms with Gasteiger partial charge >= 0.3 is 0 Å². The molecule has 1 aliphatic heterocycles. The van der Waals surface area contributed by atoms with Gasteiger partial charge in [0.05, 0.1) is 0 Å². The number of nitrogens with zero attached hydrogens (tertiary/aromatic N) is 1. The Labute approximate surface area is 130 Å². The lowest BCUT2D eigenvalue weighted by atomic mass is 9.88. The van der Waals surface area contributed by atoms with Crippen molar-refractivity contribution in [2.75, 3.05) is 0 Å². The monoisotopic (exact) mass is 341 g/mol. The van der Waals surface area contributed by atoms with Gasteiger partial charge in [-0.25, -0.2) is 4.99 Å². The highest BCUT2D eigenvalue weighted by Crippen LogP contribution is 2.70. The minimum atomic E-state index is -1.42. The summed E-state index contributed by atoms with van der Waals surface area (Å²) in [7, 11) is 0. The van der Waals surface area contributed by atoms with Gasteiger partial charge in [-0.15, -0.1) is 11.6 Å². The first-order chi connectivity index (χ1) is 8.33. The Balaban J connectivity index is 2.16. The summed E-state index contributed by atoms with van der Waals surface area (Å²) in [6, 6.07) is 9.71. The molecule has 1 saturated carbocycles. The fraction of sp³-hybridized carbons (Fsp3) is 0.417. The van der Waals surface area contributed by atoms with Crippen molar-refractivity contribution in [2.24, 2.45) is 4.99 Å². The minimum Gasteiger partial charge on any atom is -0.249 e. The second kappa shape index (κ2) is 3.93. The summed E-state index contributed by atoms with van der Waals surface area (Å²) < 4.78 is -1.42. The van der Waals surface area contributed by atoms with Crippen molar-refractivity contribution in [2.45, 2.75) is 26.5 Å². The van der Waals surface area contributed by atoms with Gasteiger partial charge in [0, 0.05) is 5.92 Å². The maximum atomic E-state index is 6.62. The third kappa shape index (κ3) is 1.40. The molecule has 1 heterocycles. The summed E-state index contributed by atoms with van der Waals surface area (Å²) in [6.45, 7) is 0. The van der Waals surface area contributed by atoms with E-state index in [4.69, 9.17) is 58.0 Å². The molecular weight excluding hydrogens is 335 g/mol. The average Bonchev–Trinajstić information content (AvgIpc) is 2.57. The average molecular weight is 343 g/mol. The molecule has 2 bridgehead atoms.